The molecule has 0 saturated heterocycles. The molecule has 1 aliphatic rings. The lowest BCUT2D eigenvalue weighted by Gasteiger charge is -2.24. The fourth-order valence-electron chi connectivity index (χ4n) is 3.66. The molecule has 0 radical (unpaired) electrons. The van der Waals surface area contributed by atoms with Gasteiger partial charge in [0.2, 0.25) is 11.0 Å². The van der Waals surface area contributed by atoms with Crippen LogP contribution in [0.15, 0.2) is 48.5 Å². The molecule has 0 bridgehead atoms. The van der Waals surface area contributed by atoms with Gasteiger partial charge in [0.1, 0.15) is 11.6 Å². The summed E-state index contributed by atoms with van der Waals surface area (Å²) < 4.78 is 17.1. The van der Waals surface area contributed by atoms with Crippen LogP contribution in [0.1, 0.15) is 29.2 Å². The van der Waals surface area contributed by atoms with E-state index in [1.165, 1.54) is 17.4 Å². The Morgan fingerprint density at radius 3 is 2.78 bits per heavy atom. The van der Waals surface area contributed by atoms with E-state index in [0.717, 1.165) is 21.5 Å². The Labute approximate surface area is 158 Å². The number of carbonyl (C=O) groups excluding carboxylic acids is 1. The van der Waals surface area contributed by atoms with Gasteiger partial charge < -0.3 is 5.32 Å². The summed E-state index contributed by atoms with van der Waals surface area (Å²) in [6.45, 7) is 1.88. The second-order valence-electron chi connectivity index (χ2n) is 6.55. The number of benzene rings is 2. The number of carbonyl (C=O) groups is 1. The highest BCUT2D eigenvalue weighted by molar-refractivity contribution is 7.20. The Kier molecular flexibility index (Phi) is 3.58. The number of nitrogens with zero attached hydrogens (tertiary/aromatic N) is 3. The van der Waals surface area contributed by atoms with E-state index < -0.39 is 0 Å². The zero-order valence-corrected chi connectivity index (χ0v) is 15.3. The van der Waals surface area contributed by atoms with Crippen molar-refractivity contribution >= 4 is 33.3 Å². The molecular weight excluding hydrogens is 363 g/mol. The van der Waals surface area contributed by atoms with E-state index in [9.17, 15) is 9.18 Å². The molecule has 5 nitrogen and oxygen atoms in total. The highest BCUT2D eigenvalue weighted by atomic mass is 32.1. The molecule has 0 saturated carbocycles. The zero-order chi connectivity index (χ0) is 18.5. The van der Waals surface area contributed by atoms with Gasteiger partial charge in [0.15, 0.2) is 0 Å². The molecule has 4 aromatic rings. The number of halogens is 1. The van der Waals surface area contributed by atoms with Gasteiger partial charge in [-0.05, 0) is 30.7 Å². The van der Waals surface area contributed by atoms with Crippen molar-refractivity contribution in [1.29, 1.82) is 0 Å². The number of para-hydroxylation sites is 1. The molecule has 134 valence electrons. The lowest BCUT2D eigenvalue weighted by atomic mass is 9.85. The van der Waals surface area contributed by atoms with Crippen LogP contribution in [0.5, 0.6) is 0 Å². The third-order valence-electron chi connectivity index (χ3n) is 4.85. The van der Waals surface area contributed by atoms with Gasteiger partial charge >= 0.3 is 0 Å². The summed E-state index contributed by atoms with van der Waals surface area (Å²) >= 11 is 1.50. The van der Waals surface area contributed by atoms with E-state index in [2.05, 4.69) is 15.4 Å². The fourth-order valence-corrected chi connectivity index (χ4v) is 4.58. The molecule has 0 aliphatic carbocycles. The van der Waals surface area contributed by atoms with Gasteiger partial charge in [-0.3, -0.25) is 4.79 Å². The summed E-state index contributed by atoms with van der Waals surface area (Å²) in [5.41, 5.74) is 3.00. The number of amides is 1. The van der Waals surface area contributed by atoms with Crippen molar-refractivity contribution in [3.8, 4) is 5.13 Å². The van der Waals surface area contributed by atoms with E-state index in [1.807, 2.05) is 31.2 Å². The Morgan fingerprint density at radius 2 is 1.96 bits per heavy atom. The van der Waals surface area contributed by atoms with Crippen LogP contribution < -0.4 is 5.32 Å². The lowest BCUT2D eigenvalue weighted by Crippen LogP contribution is -2.25. The van der Waals surface area contributed by atoms with Gasteiger partial charge in [-0.2, -0.15) is 9.78 Å². The number of aryl methyl sites for hydroxylation is 1. The number of hydrogen-bond acceptors (Lipinski definition) is 4. The molecule has 3 heterocycles. The predicted molar refractivity (Wildman–Crippen MR) is 103 cm³/mol. The maximum atomic E-state index is 14.4. The van der Waals surface area contributed by atoms with Crippen molar-refractivity contribution in [2.45, 2.75) is 19.3 Å². The summed E-state index contributed by atoms with van der Waals surface area (Å²) in [7, 11) is 0. The molecule has 1 N–H and O–H groups in total. The van der Waals surface area contributed by atoms with Crippen LogP contribution in [0.4, 0.5) is 10.2 Å². The number of aromatic nitrogens is 3. The van der Waals surface area contributed by atoms with Crippen LogP contribution in [0, 0.1) is 12.7 Å². The van der Waals surface area contributed by atoms with Crippen molar-refractivity contribution < 1.29 is 9.18 Å². The van der Waals surface area contributed by atoms with Gasteiger partial charge in [-0.1, -0.05) is 41.7 Å². The molecule has 2 aromatic heterocycles. The highest BCUT2D eigenvalue weighted by Gasteiger charge is 2.34. The summed E-state index contributed by atoms with van der Waals surface area (Å²) in [6, 6.07) is 14.4. The Balaban J connectivity index is 1.70. The molecule has 0 spiro atoms. The third kappa shape index (κ3) is 2.54. The SMILES string of the molecule is Cc1nn(-c2nc3ccccc3s2)c2c1[C@@H](c1ccccc1F)CC(=O)N2. The first-order valence-corrected chi connectivity index (χ1v) is 9.43. The van der Waals surface area contributed by atoms with E-state index in [1.54, 1.807) is 22.9 Å². The number of thiazole rings is 1. The first kappa shape index (κ1) is 16.1. The minimum Gasteiger partial charge on any atom is -0.310 e. The molecule has 0 fully saturated rings. The summed E-state index contributed by atoms with van der Waals surface area (Å²) in [5, 5.41) is 8.22. The summed E-state index contributed by atoms with van der Waals surface area (Å²) in [5.74, 6) is -0.248. The van der Waals surface area contributed by atoms with Crippen LogP contribution in [-0.4, -0.2) is 20.7 Å². The average molecular weight is 378 g/mol. The van der Waals surface area contributed by atoms with Crippen LogP contribution in [0.2, 0.25) is 0 Å². The molecule has 1 aliphatic heterocycles. The number of hydrogen-bond donors (Lipinski definition) is 1. The zero-order valence-electron chi connectivity index (χ0n) is 14.4. The van der Waals surface area contributed by atoms with Gasteiger partial charge in [0.05, 0.1) is 15.9 Å². The van der Waals surface area contributed by atoms with Crippen LogP contribution in [0.25, 0.3) is 15.3 Å². The topological polar surface area (TPSA) is 59.8 Å². The summed E-state index contributed by atoms with van der Waals surface area (Å²) in [6.07, 6.45) is 0.195. The first-order valence-electron chi connectivity index (χ1n) is 8.61. The first-order chi connectivity index (χ1) is 13.1. The van der Waals surface area contributed by atoms with Crippen molar-refractivity contribution in [3.63, 3.8) is 0 Å². The number of rotatable bonds is 2. The minimum absolute atomic E-state index is 0.155. The molecule has 0 unspecified atom stereocenters. The van der Waals surface area contributed by atoms with Gasteiger partial charge in [-0.15, -0.1) is 0 Å². The number of fused-ring (bicyclic) bond motifs is 2. The standard InChI is InChI=1S/C20H15FN4OS/c1-11-18-13(12-6-2-3-7-14(12)21)10-17(26)23-19(18)25(24-11)20-22-15-8-4-5-9-16(15)27-20/h2-9,13H,10H2,1H3,(H,23,26)/t13-/m1/s1. The van der Waals surface area contributed by atoms with Crippen molar-refractivity contribution in [3.05, 3.63) is 71.2 Å². The van der Waals surface area contributed by atoms with Crippen LogP contribution in [-0.2, 0) is 4.79 Å². The van der Waals surface area contributed by atoms with Crippen LogP contribution in [0.3, 0.4) is 0 Å². The third-order valence-corrected chi connectivity index (χ3v) is 5.86. The quantitative estimate of drug-likeness (QED) is 0.562. The second-order valence-corrected chi connectivity index (χ2v) is 7.56. The van der Waals surface area contributed by atoms with Crippen molar-refractivity contribution in [2.24, 2.45) is 0 Å². The average Bonchev–Trinajstić information content (AvgIpc) is 3.22. The van der Waals surface area contributed by atoms with Gasteiger partial charge in [0.25, 0.3) is 0 Å². The van der Waals surface area contributed by atoms with E-state index >= 15 is 0 Å². The Bertz CT molecular complexity index is 1160. The smallest absolute Gasteiger partial charge is 0.226 e. The monoisotopic (exact) mass is 378 g/mol. The largest absolute Gasteiger partial charge is 0.310 e. The van der Waals surface area contributed by atoms with Crippen molar-refractivity contribution in [2.75, 3.05) is 5.32 Å². The maximum absolute atomic E-state index is 14.4. The number of anilines is 1. The molecule has 1 amide bonds. The van der Waals surface area contributed by atoms with E-state index in [0.29, 0.717) is 16.5 Å². The molecule has 7 heteroatoms. The predicted octanol–water partition coefficient (Wildman–Crippen LogP) is 4.40. The van der Waals surface area contributed by atoms with Crippen LogP contribution >= 0.6 is 11.3 Å². The van der Waals surface area contributed by atoms with Gasteiger partial charge in [0, 0.05) is 17.9 Å². The summed E-state index contributed by atoms with van der Waals surface area (Å²) in [4.78, 5) is 17.0. The molecule has 2 aromatic carbocycles. The molecule has 1 atom stereocenters. The van der Waals surface area contributed by atoms with E-state index in [4.69, 9.17) is 0 Å². The molecular formula is C20H15FN4OS. The highest BCUT2D eigenvalue weighted by Crippen LogP contribution is 2.41. The Hall–Kier alpha value is -3.06. The lowest BCUT2D eigenvalue weighted by molar-refractivity contribution is -0.116. The van der Waals surface area contributed by atoms with Gasteiger partial charge in [-0.25, -0.2) is 9.37 Å². The molecule has 5 rings (SSSR count). The maximum Gasteiger partial charge on any atom is 0.226 e. The van der Waals surface area contributed by atoms with Crippen molar-refractivity contribution in [1.82, 2.24) is 14.8 Å². The van der Waals surface area contributed by atoms with E-state index in [-0.39, 0.29) is 24.1 Å². The fraction of sp³-hybridized carbons (Fsp3) is 0.150. The number of nitrogens with one attached hydrogen (secondary N) is 1. The Morgan fingerprint density at radius 1 is 1.19 bits per heavy atom. The normalized spacial score (nSPS) is 16.4. The minimum atomic E-state index is -0.363. The molecule has 27 heavy (non-hydrogen) atoms. The second kappa shape index (κ2) is 5.99.